The molecule has 0 heterocycles. The lowest BCUT2D eigenvalue weighted by atomic mass is 10.0. The predicted molar refractivity (Wildman–Crippen MR) is 77.9 cm³/mol. The van der Waals surface area contributed by atoms with Crippen molar-refractivity contribution in [2.45, 2.75) is 26.3 Å². The highest BCUT2D eigenvalue weighted by Gasteiger charge is 2.05. The van der Waals surface area contributed by atoms with Crippen molar-refractivity contribution in [1.29, 1.82) is 0 Å². The maximum atomic E-state index is 8.93. The van der Waals surface area contributed by atoms with Crippen molar-refractivity contribution < 1.29 is 9.84 Å². The fraction of sp³-hybridized carbons (Fsp3) is 0.571. The topological polar surface area (TPSA) is 41.5 Å². The lowest BCUT2D eigenvalue weighted by Crippen LogP contribution is -2.22. The fourth-order valence-electron chi connectivity index (χ4n) is 1.87. The molecule has 0 aliphatic carbocycles. The predicted octanol–water partition coefficient (Wildman–Crippen LogP) is 2.96. The summed E-state index contributed by atoms with van der Waals surface area (Å²) in [6, 6.07) is 6.09. The summed E-state index contributed by atoms with van der Waals surface area (Å²) in [5.74, 6) is 1.40. The standard InChI is InChI=1S/C14H22BrNO2/c1-3-11(6-7-17)9-16-10-12-4-5-14(18-2)13(15)8-12/h4-5,8,11,16-17H,3,6-7,9-10H2,1-2H3. The average molecular weight is 316 g/mol. The van der Waals surface area contributed by atoms with E-state index in [4.69, 9.17) is 9.84 Å². The number of nitrogens with one attached hydrogen (secondary N) is 1. The van der Waals surface area contributed by atoms with Gasteiger partial charge < -0.3 is 15.2 Å². The molecule has 2 N–H and O–H groups in total. The first-order valence-corrected chi connectivity index (χ1v) is 7.14. The van der Waals surface area contributed by atoms with Crippen LogP contribution in [-0.2, 0) is 6.54 Å². The highest BCUT2D eigenvalue weighted by molar-refractivity contribution is 9.10. The van der Waals surface area contributed by atoms with Crippen LogP contribution in [0.2, 0.25) is 0 Å². The van der Waals surface area contributed by atoms with Gasteiger partial charge in [0.2, 0.25) is 0 Å². The molecular weight excluding hydrogens is 294 g/mol. The minimum atomic E-state index is 0.272. The van der Waals surface area contributed by atoms with E-state index in [0.29, 0.717) is 5.92 Å². The van der Waals surface area contributed by atoms with Gasteiger partial charge in [0.05, 0.1) is 11.6 Å². The van der Waals surface area contributed by atoms with Crippen molar-refractivity contribution in [2.24, 2.45) is 5.92 Å². The van der Waals surface area contributed by atoms with Crippen LogP contribution < -0.4 is 10.1 Å². The fourth-order valence-corrected chi connectivity index (χ4v) is 2.46. The molecule has 1 unspecified atom stereocenters. The second-order valence-electron chi connectivity index (χ2n) is 4.39. The lowest BCUT2D eigenvalue weighted by molar-refractivity contribution is 0.251. The third-order valence-corrected chi connectivity index (χ3v) is 3.71. The molecule has 1 aromatic carbocycles. The SMILES string of the molecule is CCC(CCO)CNCc1ccc(OC)c(Br)c1. The molecule has 0 saturated heterocycles. The number of halogens is 1. The zero-order valence-electron chi connectivity index (χ0n) is 11.1. The van der Waals surface area contributed by atoms with Gasteiger partial charge in [-0.25, -0.2) is 0 Å². The molecule has 3 nitrogen and oxygen atoms in total. The van der Waals surface area contributed by atoms with E-state index < -0.39 is 0 Å². The molecule has 0 fully saturated rings. The third-order valence-electron chi connectivity index (χ3n) is 3.09. The Morgan fingerprint density at radius 2 is 2.22 bits per heavy atom. The molecule has 0 saturated carbocycles. The molecule has 1 atom stereocenters. The van der Waals surface area contributed by atoms with Gasteiger partial charge >= 0.3 is 0 Å². The van der Waals surface area contributed by atoms with E-state index in [1.807, 2.05) is 6.07 Å². The Labute approximate surface area is 118 Å². The molecule has 18 heavy (non-hydrogen) atoms. The van der Waals surface area contributed by atoms with Crippen molar-refractivity contribution in [3.63, 3.8) is 0 Å². The minimum absolute atomic E-state index is 0.272. The van der Waals surface area contributed by atoms with E-state index in [1.165, 1.54) is 5.56 Å². The molecular formula is C14H22BrNO2. The van der Waals surface area contributed by atoms with Crippen LogP contribution in [0.3, 0.4) is 0 Å². The summed E-state index contributed by atoms with van der Waals surface area (Å²) in [5, 5.41) is 12.4. The quantitative estimate of drug-likeness (QED) is 0.775. The van der Waals surface area contributed by atoms with Crippen molar-refractivity contribution in [2.75, 3.05) is 20.3 Å². The largest absolute Gasteiger partial charge is 0.496 e. The molecule has 1 rings (SSSR count). The van der Waals surface area contributed by atoms with Crippen LogP contribution in [0.1, 0.15) is 25.3 Å². The van der Waals surface area contributed by atoms with Gasteiger partial charge in [-0.1, -0.05) is 19.4 Å². The Morgan fingerprint density at radius 3 is 2.78 bits per heavy atom. The summed E-state index contributed by atoms with van der Waals surface area (Å²) in [7, 11) is 1.67. The van der Waals surface area contributed by atoms with E-state index >= 15 is 0 Å². The zero-order valence-corrected chi connectivity index (χ0v) is 12.7. The first kappa shape index (κ1) is 15.5. The van der Waals surface area contributed by atoms with Crippen LogP contribution >= 0.6 is 15.9 Å². The van der Waals surface area contributed by atoms with Crippen LogP contribution in [0.4, 0.5) is 0 Å². The lowest BCUT2D eigenvalue weighted by Gasteiger charge is -2.14. The zero-order chi connectivity index (χ0) is 13.4. The van der Waals surface area contributed by atoms with E-state index in [1.54, 1.807) is 7.11 Å². The first-order valence-electron chi connectivity index (χ1n) is 6.35. The minimum Gasteiger partial charge on any atom is -0.496 e. The average Bonchev–Trinajstić information content (AvgIpc) is 2.38. The summed E-state index contributed by atoms with van der Waals surface area (Å²) in [6.45, 7) is 4.21. The molecule has 0 radical (unpaired) electrons. The molecule has 102 valence electrons. The number of hydrogen-bond acceptors (Lipinski definition) is 3. The summed E-state index contributed by atoms with van der Waals surface area (Å²) in [6.07, 6.45) is 1.97. The Bertz CT molecular complexity index is 358. The van der Waals surface area contributed by atoms with Crippen molar-refractivity contribution in [3.05, 3.63) is 28.2 Å². The van der Waals surface area contributed by atoms with Gasteiger partial charge in [-0.15, -0.1) is 0 Å². The highest BCUT2D eigenvalue weighted by atomic mass is 79.9. The molecule has 0 aliphatic rings. The Hall–Kier alpha value is -0.580. The smallest absolute Gasteiger partial charge is 0.133 e. The number of benzene rings is 1. The van der Waals surface area contributed by atoms with Gasteiger partial charge in [0.15, 0.2) is 0 Å². The summed E-state index contributed by atoms with van der Waals surface area (Å²) in [4.78, 5) is 0. The van der Waals surface area contributed by atoms with E-state index in [2.05, 4.69) is 40.3 Å². The number of aliphatic hydroxyl groups is 1. The summed E-state index contributed by atoms with van der Waals surface area (Å²) < 4.78 is 6.18. The normalized spacial score (nSPS) is 12.4. The molecule has 0 spiro atoms. The maximum absolute atomic E-state index is 8.93. The van der Waals surface area contributed by atoms with E-state index in [0.717, 1.165) is 36.2 Å². The van der Waals surface area contributed by atoms with Crippen LogP contribution in [0.5, 0.6) is 5.75 Å². The van der Waals surface area contributed by atoms with Crippen LogP contribution in [0, 0.1) is 5.92 Å². The summed E-state index contributed by atoms with van der Waals surface area (Å²) in [5.41, 5.74) is 1.22. The van der Waals surface area contributed by atoms with Crippen molar-refractivity contribution >= 4 is 15.9 Å². The highest BCUT2D eigenvalue weighted by Crippen LogP contribution is 2.25. The second kappa shape index (κ2) is 8.51. The van der Waals surface area contributed by atoms with Crippen LogP contribution in [0.15, 0.2) is 22.7 Å². The van der Waals surface area contributed by atoms with Gasteiger partial charge in [0.25, 0.3) is 0 Å². The molecule has 0 bridgehead atoms. The van der Waals surface area contributed by atoms with Gasteiger partial charge in [0.1, 0.15) is 5.75 Å². The molecule has 4 heteroatoms. The summed E-state index contributed by atoms with van der Waals surface area (Å²) >= 11 is 3.48. The number of methoxy groups -OCH3 is 1. The van der Waals surface area contributed by atoms with E-state index in [-0.39, 0.29) is 6.61 Å². The number of rotatable bonds is 8. The number of ether oxygens (including phenoxy) is 1. The number of aliphatic hydroxyl groups excluding tert-OH is 1. The second-order valence-corrected chi connectivity index (χ2v) is 5.24. The number of hydrogen-bond donors (Lipinski definition) is 2. The van der Waals surface area contributed by atoms with Gasteiger partial charge in [0, 0.05) is 13.2 Å². The maximum Gasteiger partial charge on any atom is 0.133 e. The molecule has 0 aromatic heterocycles. The van der Waals surface area contributed by atoms with E-state index in [9.17, 15) is 0 Å². The van der Waals surface area contributed by atoms with Gasteiger partial charge in [-0.05, 0) is 52.5 Å². The molecule has 0 amide bonds. The van der Waals surface area contributed by atoms with Crippen molar-refractivity contribution in [1.82, 2.24) is 5.32 Å². The monoisotopic (exact) mass is 315 g/mol. The van der Waals surface area contributed by atoms with Crippen LogP contribution in [-0.4, -0.2) is 25.4 Å². The van der Waals surface area contributed by atoms with Gasteiger partial charge in [-0.2, -0.15) is 0 Å². The molecule has 1 aromatic rings. The Balaban J connectivity index is 2.41. The Morgan fingerprint density at radius 1 is 1.44 bits per heavy atom. The van der Waals surface area contributed by atoms with Gasteiger partial charge in [-0.3, -0.25) is 0 Å². The third kappa shape index (κ3) is 4.96. The molecule has 0 aliphatic heterocycles. The Kier molecular flexibility index (Phi) is 7.32. The van der Waals surface area contributed by atoms with Crippen molar-refractivity contribution in [3.8, 4) is 5.75 Å². The van der Waals surface area contributed by atoms with Crippen LogP contribution in [0.25, 0.3) is 0 Å². The first-order chi connectivity index (χ1) is 8.71.